The van der Waals surface area contributed by atoms with Gasteiger partial charge in [0.1, 0.15) is 0 Å². The van der Waals surface area contributed by atoms with E-state index in [0.29, 0.717) is 66.1 Å². The third-order valence-electron chi connectivity index (χ3n) is 4.67. The Morgan fingerprint density at radius 3 is 1.21 bits per heavy atom. The Balaban J connectivity index is 3.20. The van der Waals surface area contributed by atoms with Gasteiger partial charge in [-0.25, -0.2) is 0 Å². The number of ether oxygens (including phenoxy) is 5. The van der Waals surface area contributed by atoms with Crippen LogP contribution in [-0.4, -0.2) is 107 Å². The fourth-order valence-electron chi connectivity index (χ4n) is 1.80. The molecule has 0 aromatic heterocycles. The molecule has 0 aliphatic heterocycles. The van der Waals surface area contributed by atoms with Crippen molar-refractivity contribution >= 4 is 8.32 Å². The van der Waals surface area contributed by atoms with Crippen molar-refractivity contribution in [3.63, 3.8) is 0 Å². The fourth-order valence-corrected chi connectivity index (χ4v) is 2.83. The SMILES string of the molecule is CN(C)CCOCCOCCOCCOCCOCCO[Si](C)(C)C(C)(C)C. The van der Waals surface area contributed by atoms with Crippen LogP contribution in [0.5, 0.6) is 0 Å². The molecule has 0 atom stereocenters. The van der Waals surface area contributed by atoms with E-state index in [0.717, 1.165) is 13.2 Å². The van der Waals surface area contributed by atoms with E-state index in [-0.39, 0.29) is 5.04 Å². The first-order valence-corrected chi connectivity index (χ1v) is 13.2. The van der Waals surface area contributed by atoms with Crippen molar-refractivity contribution in [2.75, 3.05) is 93.3 Å². The maximum atomic E-state index is 6.05. The Hall–Kier alpha value is -0.0631. The zero-order valence-corrected chi connectivity index (χ0v) is 20.4. The molecule has 0 amide bonds. The number of hydrogen-bond acceptors (Lipinski definition) is 7. The van der Waals surface area contributed by atoms with E-state index in [2.05, 4.69) is 38.8 Å². The molecule has 0 radical (unpaired) electrons. The summed E-state index contributed by atoms with van der Waals surface area (Å²) in [5.41, 5.74) is 0. The quantitative estimate of drug-likeness (QED) is 0.234. The molecular weight excluding hydrogens is 378 g/mol. The lowest BCUT2D eigenvalue weighted by Gasteiger charge is -2.36. The molecule has 0 fully saturated rings. The van der Waals surface area contributed by atoms with Crippen molar-refractivity contribution in [3.8, 4) is 0 Å². The van der Waals surface area contributed by atoms with Crippen molar-refractivity contribution in [1.29, 1.82) is 0 Å². The molecule has 0 aromatic rings. The Morgan fingerprint density at radius 1 is 0.571 bits per heavy atom. The minimum Gasteiger partial charge on any atom is -0.414 e. The molecule has 0 rings (SSSR count). The lowest BCUT2D eigenvalue weighted by molar-refractivity contribution is -0.0135. The average molecular weight is 424 g/mol. The van der Waals surface area contributed by atoms with Crippen molar-refractivity contribution < 1.29 is 28.1 Å². The lowest BCUT2D eigenvalue weighted by atomic mass is 10.2. The largest absolute Gasteiger partial charge is 0.414 e. The second-order valence-corrected chi connectivity index (χ2v) is 13.3. The molecule has 0 spiro atoms. The highest BCUT2D eigenvalue weighted by Gasteiger charge is 2.36. The summed E-state index contributed by atoms with van der Waals surface area (Å²) in [6.45, 7) is 18.8. The van der Waals surface area contributed by atoms with Crippen LogP contribution in [0.1, 0.15) is 20.8 Å². The van der Waals surface area contributed by atoms with Gasteiger partial charge in [-0.2, -0.15) is 0 Å². The van der Waals surface area contributed by atoms with Crippen LogP contribution in [0, 0.1) is 0 Å². The first-order chi connectivity index (χ1) is 13.2. The van der Waals surface area contributed by atoms with E-state index in [4.69, 9.17) is 28.1 Å². The second kappa shape index (κ2) is 16.7. The summed E-state index contributed by atoms with van der Waals surface area (Å²) in [5.74, 6) is 0. The monoisotopic (exact) mass is 423 g/mol. The Kier molecular flexibility index (Phi) is 16.7. The van der Waals surface area contributed by atoms with Gasteiger partial charge in [-0.05, 0) is 32.2 Å². The van der Waals surface area contributed by atoms with E-state index >= 15 is 0 Å². The highest BCUT2D eigenvalue weighted by atomic mass is 28.4. The highest BCUT2D eigenvalue weighted by molar-refractivity contribution is 6.74. The molecule has 0 unspecified atom stereocenters. The Labute approximate surface area is 174 Å². The summed E-state index contributed by atoms with van der Waals surface area (Å²) in [6.07, 6.45) is 0. The van der Waals surface area contributed by atoms with Crippen LogP contribution in [0.2, 0.25) is 18.1 Å². The van der Waals surface area contributed by atoms with Gasteiger partial charge in [0.05, 0.1) is 72.7 Å². The summed E-state index contributed by atoms with van der Waals surface area (Å²) >= 11 is 0. The van der Waals surface area contributed by atoms with E-state index in [9.17, 15) is 0 Å². The second-order valence-electron chi connectivity index (χ2n) is 8.47. The number of hydrogen-bond donors (Lipinski definition) is 0. The number of rotatable bonds is 19. The van der Waals surface area contributed by atoms with Gasteiger partial charge >= 0.3 is 0 Å². The molecule has 170 valence electrons. The summed E-state index contributed by atoms with van der Waals surface area (Å²) < 4.78 is 33.4. The molecule has 0 heterocycles. The lowest BCUT2D eigenvalue weighted by Crippen LogP contribution is -2.41. The molecule has 0 saturated heterocycles. The van der Waals surface area contributed by atoms with Crippen molar-refractivity contribution in [2.24, 2.45) is 0 Å². The van der Waals surface area contributed by atoms with E-state index in [1.54, 1.807) is 0 Å². The summed E-state index contributed by atoms with van der Waals surface area (Å²) in [4.78, 5) is 2.09. The summed E-state index contributed by atoms with van der Waals surface area (Å²) in [6, 6.07) is 0. The normalized spacial score (nSPS) is 12.9. The van der Waals surface area contributed by atoms with Gasteiger partial charge in [0.2, 0.25) is 0 Å². The van der Waals surface area contributed by atoms with Crippen LogP contribution in [-0.2, 0) is 28.1 Å². The van der Waals surface area contributed by atoms with Gasteiger partial charge in [-0.1, -0.05) is 20.8 Å². The van der Waals surface area contributed by atoms with E-state index in [1.807, 2.05) is 14.1 Å². The number of nitrogens with zero attached hydrogens (tertiary/aromatic N) is 1. The first-order valence-electron chi connectivity index (χ1n) is 10.3. The van der Waals surface area contributed by atoms with Gasteiger partial charge < -0.3 is 33.0 Å². The van der Waals surface area contributed by atoms with Gasteiger partial charge in [-0.15, -0.1) is 0 Å². The predicted molar refractivity (Wildman–Crippen MR) is 116 cm³/mol. The Morgan fingerprint density at radius 2 is 0.893 bits per heavy atom. The van der Waals surface area contributed by atoms with Crippen molar-refractivity contribution in [1.82, 2.24) is 4.90 Å². The van der Waals surface area contributed by atoms with Crippen LogP contribution in [0.15, 0.2) is 0 Å². The van der Waals surface area contributed by atoms with Gasteiger partial charge in [0, 0.05) is 6.54 Å². The molecule has 0 aliphatic carbocycles. The molecule has 8 heteroatoms. The maximum Gasteiger partial charge on any atom is 0.192 e. The topological polar surface area (TPSA) is 58.6 Å². The van der Waals surface area contributed by atoms with Crippen LogP contribution >= 0.6 is 0 Å². The van der Waals surface area contributed by atoms with Crippen LogP contribution in [0.4, 0.5) is 0 Å². The fraction of sp³-hybridized carbons (Fsp3) is 1.00. The van der Waals surface area contributed by atoms with Crippen LogP contribution in [0.25, 0.3) is 0 Å². The zero-order valence-electron chi connectivity index (χ0n) is 19.4. The minimum atomic E-state index is -1.66. The third kappa shape index (κ3) is 16.9. The van der Waals surface area contributed by atoms with Crippen LogP contribution in [0.3, 0.4) is 0 Å². The van der Waals surface area contributed by atoms with Gasteiger partial charge in [0.25, 0.3) is 0 Å². The number of likely N-dealkylation sites (N-methyl/N-ethyl adjacent to an activating group) is 1. The molecule has 7 nitrogen and oxygen atoms in total. The Bertz CT molecular complexity index is 350. The van der Waals surface area contributed by atoms with Crippen LogP contribution < -0.4 is 0 Å². The van der Waals surface area contributed by atoms with Crippen molar-refractivity contribution in [2.45, 2.75) is 38.9 Å². The summed E-state index contributed by atoms with van der Waals surface area (Å²) in [5, 5.41) is 0.237. The first kappa shape index (κ1) is 27.9. The maximum absolute atomic E-state index is 6.05. The molecule has 28 heavy (non-hydrogen) atoms. The highest BCUT2D eigenvalue weighted by Crippen LogP contribution is 2.36. The van der Waals surface area contributed by atoms with Gasteiger partial charge in [-0.3, -0.25) is 0 Å². The molecular formula is C20H45NO6Si. The summed E-state index contributed by atoms with van der Waals surface area (Å²) in [7, 11) is 2.39. The smallest absolute Gasteiger partial charge is 0.192 e. The molecule has 0 aromatic carbocycles. The molecule has 0 aliphatic rings. The van der Waals surface area contributed by atoms with Gasteiger partial charge in [0.15, 0.2) is 8.32 Å². The average Bonchev–Trinajstić information content (AvgIpc) is 2.59. The molecule has 0 bridgehead atoms. The molecule has 0 N–H and O–H groups in total. The van der Waals surface area contributed by atoms with E-state index in [1.165, 1.54) is 0 Å². The van der Waals surface area contributed by atoms with E-state index < -0.39 is 8.32 Å². The zero-order chi connectivity index (χ0) is 21.3. The third-order valence-corrected chi connectivity index (χ3v) is 9.21. The minimum absolute atomic E-state index is 0.237. The standard InChI is InChI=1S/C20H45NO6Si/c1-20(2,3)28(6,7)27-19-18-26-17-16-25-15-14-24-13-12-23-11-10-22-9-8-21(4)5/h8-19H2,1-7H3. The molecule has 0 saturated carbocycles. The predicted octanol–water partition coefficient (Wildman–Crippen LogP) is 2.65. The van der Waals surface area contributed by atoms with Crippen molar-refractivity contribution in [3.05, 3.63) is 0 Å².